The van der Waals surface area contributed by atoms with Crippen LogP contribution < -0.4 is 5.59 Å². The van der Waals surface area contributed by atoms with Gasteiger partial charge in [-0.25, -0.2) is 13.9 Å². The lowest BCUT2D eigenvalue weighted by Crippen LogP contribution is -2.13. The Morgan fingerprint density at radius 2 is 2.33 bits per heavy atom. The van der Waals surface area contributed by atoms with Gasteiger partial charge in [0.2, 0.25) is 0 Å². The molecule has 5 heteroatoms. The SMILES string of the molecule is [B]c1cc(F)c2cnc(C)nn12. The molecule has 2 aromatic rings. The molecule has 2 rings (SSSR count). The minimum atomic E-state index is -0.396. The third-order valence-electron chi connectivity index (χ3n) is 1.61. The summed E-state index contributed by atoms with van der Waals surface area (Å²) in [6.45, 7) is 1.72. The first-order valence-electron chi connectivity index (χ1n) is 3.45. The van der Waals surface area contributed by atoms with E-state index in [4.69, 9.17) is 7.85 Å². The number of rotatable bonds is 0. The van der Waals surface area contributed by atoms with E-state index in [1.54, 1.807) is 6.92 Å². The number of hydrogen-bond acceptors (Lipinski definition) is 2. The van der Waals surface area contributed by atoms with Crippen LogP contribution >= 0.6 is 0 Å². The molecule has 0 atom stereocenters. The zero-order chi connectivity index (χ0) is 8.72. The summed E-state index contributed by atoms with van der Waals surface area (Å²) in [5, 5.41) is 3.94. The Morgan fingerprint density at radius 3 is 3.08 bits per heavy atom. The first-order valence-corrected chi connectivity index (χ1v) is 3.45. The van der Waals surface area contributed by atoms with Gasteiger partial charge in [0.1, 0.15) is 19.2 Å². The summed E-state index contributed by atoms with van der Waals surface area (Å²) in [5.41, 5.74) is 0.589. The Balaban J connectivity index is 2.90. The minimum Gasteiger partial charge on any atom is -0.242 e. The van der Waals surface area contributed by atoms with E-state index in [2.05, 4.69) is 10.1 Å². The van der Waals surface area contributed by atoms with Crippen molar-refractivity contribution in [2.45, 2.75) is 6.92 Å². The van der Waals surface area contributed by atoms with Gasteiger partial charge in [0, 0.05) is 0 Å². The topological polar surface area (TPSA) is 30.2 Å². The second-order valence-corrected chi connectivity index (χ2v) is 2.52. The second kappa shape index (κ2) is 2.30. The fourth-order valence-corrected chi connectivity index (χ4v) is 1.06. The van der Waals surface area contributed by atoms with E-state index in [1.165, 1.54) is 16.8 Å². The highest BCUT2D eigenvalue weighted by Gasteiger charge is 2.05. The Bertz CT molecular complexity index is 437. The molecule has 0 N–H and O–H groups in total. The van der Waals surface area contributed by atoms with Gasteiger partial charge in [0.25, 0.3) is 0 Å². The molecular formula is C7H5BFN3. The summed E-state index contributed by atoms with van der Waals surface area (Å²) >= 11 is 0. The van der Waals surface area contributed by atoms with Gasteiger partial charge in [-0.1, -0.05) is 0 Å². The summed E-state index contributed by atoms with van der Waals surface area (Å²) in [6, 6.07) is 1.23. The van der Waals surface area contributed by atoms with Crippen LogP contribution in [-0.2, 0) is 0 Å². The zero-order valence-corrected chi connectivity index (χ0v) is 6.45. The number of halogens is 1. The highest BCUT2D eigenvalue weighted by atomic mass is 19.1. The van der Waals surface area contributed by atoms with Gasteiger partial charge >= 0.3 is 0 Å². The number of aromatic nitrogens is 3. The van der Waals surface area contributed by atoms with E-state index in [-0.39, 0.29) is 5.59 Å². The Morgan fingerprint density at radius 1 is 1.58 bits per heavy atom. The standard InChI is InChI=1S/C7H5BFN3/c1-4-10-3-6-5(9)2-7(8)12(6)11-4/h2-3H,1H3. The number of hydrogen-bond donors (Lipinski definition) is 0. The molecular weight excluding hydrogens is 156 g/mol. The number of fused-ring (bicyclic) bond motifs is 1. The Kier molecular flexibility index (Phi) is 1.39. The fraction of sp³-hybridized carbons (Fsp3) is 0.143. The van der Waals surface area contributed by atoms with Crippen LogP contribution in [0, 0.1) is 12.7 Å². The number of aryl methyl sites for hydroxylation is 1. The molecule has 3 nitrogen and oxygen atoms in total. The predicted octanol–water partition coefficient (Wildman–Crippen LogP) is -0.0294. The summed E-state index contributed by atoms with van der Waals surface area (Å²) in [4.78, 5) is 3.85. The van der Waals surface area contributed by atoms with Crippen LogP contribution in [0.1, 0.15) is 5.82 Å². The molecule has 0 aliphatic carbocycles. The van der Waals surface area contributed by atoms with Crippen molar-refractivity contribution in [1.82, 2.24) is 14.6 Å². The summed E-state index contributed by atoms with van der Waals surface area (Å²) in [5.74, 6) is 0.164. The van der Waals surface area contributed by atoms with Crippen molar-refractivity contribution in [3.05, 3.63) is 23.9 Å². The molecule has 0 unspecified atom stereocenters. The highest BCUT2D eigenvalue weighted by molar-refractivity contribution is 6.31. The van der Waals surface area contributed by atoms with Gasteiger partial charge in [-0.15, -0.1) is 0 Å². The predicted molar refractivity (Wildman–Crippen MR) is 43.1 cm³/mol. The smallest absolute Gasteiger partial charge is 0.151 e. The molecule has 12 heavy (non-hydrogen) atoms. The summed E-state index contributed by atoms with van der Waals surface area (Å²) < 4.78 is 14.3. The third-order valence-corrected chi connectivity index (χ3v) is 1.61. The molecule has 0 amide bonds. The third kappa shape index (κ3) is 0.896. The van der Waals surface area contributed by atoms with Crippen molar-refractivity contribution in [2.24, 2.45) is 0 Å². The van der Waals surface area contributed by atoms with E-state index in [9.17, 15) is 4.39 Å². The van der Waals surface area contributed by atoms with Crippen LogP contribution in [-0.4, -0.2) is 22.4 Å². The van der Waals surface area contributed by atoms with Gasteiger partial charge in [-0.2, -0.15) is 5.10 Å². The average molecular weight is 161 g/mol. The van der Waals surface area contributed by atoms with Crippen LogP contribution in [0.2, 0.25) is 0 Å². The van der Waals surface area contributed by atoms with Gasteiger partial charge in [-0.05, 0) is 18.6 Å². The first-order chi connectivity index (χ1) is 5.68. The maximum absolute atomic E-state index is 13.0. The van der Waals surface area contributed by atoms with Crippen molar-refractivity contribution >= 4 is 19.0 Å². The molecule has 0 aliphatic heterocycles. The lowest BCUT2D eigenvalue weighted by atomic mass is 10.1. The molecule has 0 aliphatic rings. The van der Waals surface area contributed by atoms with Crippen molar-refractivity contribution < 1.29 is 4.39 Å². The molecule has 2 aromatic heterocycles. The fourth-order valence-electron chi connectivity index (χ4n) is 1.06. The van der Waals surface area contributed by atoms with E-state index in [1.807, 2.05) is 0 Å². The molecule has 0 saturated heterocycles. The average Bonchev–Trinajstić information content (AvgIpc) is 2.28. The van der Waals surface area contributed by atoms with E-state index in [0.717, 1.165) is 0 Å². The van der Waals surface area contributed by atoms with E-state index in [0.29, 0.717) is 11.3 Å². The lowest BCUT2D eigenvalue weighted by Gasteiger charge is -1.96. The van der Waals surface area contributed by atoms with Crippen molar-refractivity contribution in [3.8, 4) is 0 Å². The van der Waals surface area contributed by atoms with Gasteiger partial charge < -0.3 is 0 Å². The summed E-state index contributed by atoms with van der Waals surface area (Å²) in [7, 11) is 5.48. The van der Waals surface area contributed by atoms with Gasteiger partial charge in [0.05, 0.1) is 6.20 Å². The van der Waals surface area contributed by atoms with Crippen molar-refractivity contribution in [3.63, 3.8) is 0 Å². The Hall–Kier alpha value is -1.39. The molecule has 0 spiro atoms. The van der Waals surface area contributed by atoms with Gasteiger partial charge in [0.15, 0.2) is 5.82 Å². The molecule has 0 aromatic carbocycles. The quantitative estimate of drug-likeness (QED) is 0.508. The van der Waals surface area contributed by atoms with Crippen LogP contribution in [0.15, 0.2) is 12.3 Å². The van der Waals surface area contributed by atoms with Gasteiger partial charge in [-0.3, -0.25) is 0 Å². The molecule has 58 valence electrons. The van der Waals surface area contributed by atoms with Crippen LogP contribution in [0.25, 0.3) is 5.52 Å². The minimum absolute atomic E-state index is 0.285. The molecule has 2 heterocycles. The monoisotopic (exact) mass is 161 g/mol. The summed E-state index contributed by atoms with van der Waals surface area (Å²) in [6.07, 6.45) is 1.41. The van der Waals surface area contributed by atoms with Crippen molar-refractivity contribution in [1.29, 1.82) is 0 Å². The second-order valence-electron chi connectivity index (χ2n) is 2.52. The van der Waals surface area contributed by atoms with Crippen molar-refractivity contribution in [2.75, 3.05) is 0 Å². The normalized spacial score (nSPS) is 10.8. The largest absolute Gasteiger partial charge is 0.242 e. The van der Waals surface area contributed by atoms with Crippen LogP contribution in [0.5, 0.6) is 0 Å². The Labute approximate surface area is 69.6 Å². The molecule has 2 radical (unpaired) electrons. The zero-order valence-electron chi connectivity index (χ0n) is 6.45. The maximum Gasteiger partial charge on any atom is 0.151 e. The highest BCUT2D eigenvalue weighted by Crippen LogP contribution is 2.05. The van der Waals surface area contributed by atoms with Crippen LogP contribution in [0.4, 0.5) is 4.39 Å². The number of nitrogens with zero attached hydrogens (tertiary/aromatic N) is 3. The van der Waals surface area contributed by atoms with E-state index < -0.39 is 5.82 Å². The van der Waals surface area contributed by atoms with E-state index >= 15 is 0 Å². The maximum atomic E-state index is 13.0. The van der Waals surface area contributed by atoms with Crippen LogP contribution in [0.3, 0.4) is 0 Å². The molecule has 0 bridgehead atoms. The lowest BCUT2D eigenvalue weighted by molar-refractivity contribution is 0.637. The molecule has 0 saturated carbocycles. The molecule has 0 fully saturated rings. The first kappa shape index (κ1) is 7.27.